The van der Waals surface area contributed by atoms with Crippen LogP contribution in [-0.4, -0.2) is 47.7 Å². The van der Waals surface area contributed by atoms with Crippen LogP contribution in [0.3, 0.4) is 0 Å². The van der Waals surface area contributed by atoms with Gasteiger partial charge in [0.15, 0.2) is 0 Å². The summed E-state index contributed by atoms with van der Waals surface area (Å²) in [5, 5.41) is 0. The van der Waals surface area contributed by atoms with E-state index in [9.17, 15) is 4.79 Å². The van der Waals surface area contributed by atoms with Crippen molar-refractivity contribution >= 4 is 22.0 Å². The second-order valence-corrected chi connectivity index (χ2v) is 7.19. The fourth-order valence-electron chi connectivity index (χ4n) is 2.28. The molecule has 0 spiro atoms. The number of ether oxygens (including phenoxy) is 1. The molecular formula is C16H23BrN2O2. The van der Waals surface area contributed by atoms with Gasteiger partial charge in [0.1, 0.15) is 5.60 Å². The van der Waals surface area contributed by atoms with Gasteiger partial charge in [-0.3, -0.25) is 4.90 Å². The monoisotopic (exact) mass is 354 g/mol. The van der Waals surface area contributed by atoms with Gasteiger partial charge in [-0.15, -0.1) is 0 Å². The van der Waals surface area contributed by atoms with Crippen molar-refractivity contribution in [2.75, 3.05) is 26.2 Å². The summed E-state index contributed by atoms with van der Waals surface area (Å²) in [6.45, 7) is 9.79. The average molecular weight is 355 g/mol. The fraction of sp³-hybridized carbons (Fsp3) is 0.562. The highest BCUT2D eigenvalue weighted by atomic mass is 79.9. The Labute approximate surface area is 135 Å². The number of piperazine rings is 1. The Morgan fingerprint density at radius 3 is 2.38 bits per heavy atom. The van der Waals surface area contributed by atoms with Gasteiger partial charge in [0, 0.05) is 37.2 Å². The lowest BCUT2D eigenvalue weighted by Gasteiger charge is -2.35. The molecule has 1 aliphatic rings. The third-order valence-electron chi connectivity index (χ3n) is 3.38. The van der Waals surface area contributed by atoms with E-state index in [0.29, 0.717) is 0 Å². The van der Waals surface area contributed by atoms with Crippen LogP contribution in [0.2, 0.25) is 0 Å². The smallest absolute Gasteiger partial charge is 0.410 e. The first-order chi connectivity index (χ1) is 9.85. The summed E-state index contributed by atoms with van der Waals surface area (Å²) < 4.78 is 6.55. The summed E-state index contributed by atoms with van der Waals surface area (Å²) >= 11 is 3.58. The molecule has 4 nitrogen and oxygen atoms in total. The molecular weight excluding hydrogens is 332 g/mol. The summed E-state index contributed by atoms with van der Waals surface area (Å²) in [6, 6.07) is 8.27. The molecule has 1 fully saturated rings. The van der Waals surface area contributed by atoms with Crippen molar-refractivity contribution in [1.82, 2.24) is 9.80 Å². The summed E-state index contributed by atoms with van der Waals surface area (Å²) in [4.78, 5) is 16.2. The van der Waals surface area contributed by atoms with Crippen molar-refractivity contribution < 1.29 is 9.53 Å². The van der Waals surface area contributed by atoms with Crippen molar-refractivity contribution in [1.29, 1.82) is 0 Å². The molecule has 0 aromatic heterocycles. The molecule has 0 saturated carbocycles. The van der Waals surface area contributed by atoms with Gasteiger partial charge in [-0.05, 0) is 32.4 Å². The van der Waals surface area contributed by atoms with E-state index in [1.807, 2.05) is 26.8 Å². The number of carbonyl (C=O) groups is 1. The van der Waals surface area contributed by atoms with Crippen LogP contribution in [0.25, 0.3) is 0 Å². The van der Waals surface area contributed by atoms with Gasteiger partial charge in [-0.2, -0.15) is 0 Å². The largest absolute Gasteiger partial charge is 0.444 e. The van der Waals surface area contributed by atoms with E-state index in [0.717, 1.165) is 37.2 Å². The highest BCUT2D eigenvalue weighted by molar-refractivity contribution is 9.10. The highest BCUT2D eigenvalue weighted by Crippen LogP contribution is 2.19. The molecule has 21 heavy (non-hydrogen) atoms. The van der Waals surface area contributed by atoms with Crippen LogP contribution in [0.15, 0.2) is 28.7 Å². The molecule has 116 valence electrons. The van der Waals surface area contributed by atoms with Crippen LogP contribution < -0.4 is 0 Å². The number of benzene rings is 1. The van der Waals surface area contributed by atoms with Gasteiger partial charge in [-0.1, -0.05) is 34.1 Å². The van der Waals surface area contributed by atoms with E-state index in [1.165, 1.54) is 5.56 Å². The van der Waals surface area contributed by atoms with E-state index in [-0.39, 0.29) is 6.09 Å². The summed E-state index contributed by atoms with van der Waals surface area (Å²) in [5.41, 5.74) is 0.853. The summed E-state index contributed by atoms with van der Waals surface area (Å²) in [5.74, 6) is 0. The lowest BCUT2D eigenvalue weighted by molar-refractivity contribution is 0.0139. The lowest BCUT2D eigenvalue weighted by Crippen LogP contribution is -2.49. The Hall–Kier alpha value is -1.07. The standard InChI is InChI=1S/C16H23BrN2O2/c1-16(2,3)21-15(20)19-10-8-18(9-11-19)12-13-6-4-5-7-14(13)17/h4-7H,8-12H2,1-3H3. The van der Waals surface area contributed by atoms with Gasteiger partial charge >= 0.3 is 6.09 Å². The average Bonchev–Trinajstić information content (AvgIpc) is 2.40. The van der Waals surface area contributed by atoms with E-state index in [1.54, 1.807) is 4.90 Å². The first-order valence-corrected chi connectivity index (χ1v) is 8.08. The van der Waals surface area contributed by atoms with Gasteiger partial charge in [-0.25, -0.2) is 4.79 Å². The molecule has 0 N–H and O–H groups in total. The first-order valence-electron chi connectivity index (χ1n) is 7.29. The maximum absolute atomic E-state index is 12.0. The second kappa shape index (κ2) is 6.79. The third kappa shape index (κ3) is 5.00. The van der Waals surface area contributed by atoms with Crippen LogP contribution >= 0.6 is 15.9 Å². The lowest BCUT2D eigenvalue weighted by atomic mass is 10.2. The zero-order valence-corrected chi connectivity index (χ0v) is 14.5. The minimum Gasteiger partial charge on any atom is -0.444 e. The van der Waals surface area contributed by atoms with Crippen LogP contribution in [0, 0.1) is 0 Å². The quantitative estimate of drug-likeness (QED) is 0.814. The number of hydrogen-bond acceptors (Lipinski definition) is 3. The number of halogens is 1. The number of carbonyl (C=O) groups excluding carboxylic acids is 1. The Morgan fingerprint density at radius 1 is 1.19 bits per heavy atom. The molecule has 0 radical (unpaired) electrons. The molecule has 5 heteroatoms. The van der Waals surface area contributed by atoms with Crippen molar-refractivity contribution in [3.8, 4) is 0 Å². The minimum atomic E-state index is -0.427. The van der Waals surface area contributed by atoms with Crippen molar-refractivity contribution in [3.63, 3.8) is 0 Å². The second-order valence-electron chi connectivity index (χ2n) is 6.33. The highest BCUT2D eigenvalue weighted by Gasteiger charge is 2.25. The van der Waals surface area contributed by atoms with E-state index >= 15 is 0 Å². The zero-order valence-electron chi connectivity index (χ0n) is 12.9. The maximum Gasteiger partial charge on any atom is 0.410 e. The molecule has 1 aromatic carbocycles. The molecule has 0 unspecified atom stereocenters. The molecule has 0 aliphatic carbocycles. The van der Waals surface area contributed by atoms with E-state index < -0.39 is 5.60 Å². The van der Waals surface area contributed by atoms with Crippen LogP contribution in [-0.2, 0) is 11.3 Å². The van der Waals surface area contributed by atoms with Gasteiger partial charge in [0.2, 0.25) is 0 Å². The van der Waals surface area contributed by atoms with E-state index in [2.05, 4.69) is 39.0 Å². The molecule has 1 aromatic rings. The zero-order chi connectivity index (χ0) is 15.5. The molecule has 1 saturated heterocycles. The van der Waals surface area contributed by atoms with Crippen LogP contribution in [0.1, 0.15) is 26.3 Å². The molecule has 2 rings (SSSR count). The Kier molecular flexibility index (Phi) is 5.27. The minimum absolute atomic E-state index is 0.206. The molecule has 1 amide bonds. The Morgan fingerprint density at radius 2 is 1.81 bits per heavy atom. The molecule has 0 bridgehead atoms. The number of hydrogen-bond donors (Lipinski definition) is 0. The normalized spacial score (nSPS) is 16.9. The van der Waals surface area contributed by atoms with Crippen molar-refractivity contribution in [2.24, 2.45) is 0 Å². The predicted octanol–water partition coefficient (Wildman–Crippen LogP) is 3.50. The third-order valence-corrected chi connectivity index (χ3v) is 4.15. The Bertz CT molecular complexity index is 491. The molecule has 1 aliphatic heterocycles. The summed E-state index contributed by atoms with van der Waals surface area (Å²) in [6.07, 6.45) is -0.206. The maximum atomic E-state index is 12.0. The molecule has 1 heterocycles. The van der Waals surface area contributed by atoms with Gasteiger partial charge < -0.3 is 9.64 Å². The Balaban J connectivity index is 1.83. The summed E-state index contributed by atoms with van der Waals surface area (Å²) in [7, 11) is 0. The number of rotatable bonds is 2. The number of amides is 1. The topological polar surface area (TPSA) is 32.8 Å². The molecule has 0 atom stereocenters. The predicted molar refractivity (Wildman–Crippen MR) is 87.2 cm³/mol. The van der Waals surface area contributed by atoms with Crippen LogP contribution in [0.5, 0.6) is 0 Å². The van der Waals surface area contributed by atoms with Crippen molar-refractivity contribution in [2.45, 2.75) is 32.9 Å². The van der Waals surface area contributed by atoms with Crippen LogP contribution in [0.4, 0.5) is 4.79 Å². The number of nitrogens with zero attached hydrogens (tertiary/aromatic N) is 2. The fourth-order valence-corrected chi connectivity index (χ4v) is 2.69. The van der Waals surface area contributed by atoms with Crippen molar-refractivity contribution in [3.05, 3.63) is 34.3 Å². The first kappa shape index (κ1) is 16.3. The SMILES string of the molecule is CC(C)(C)OC(=O)N1CCN(Cc2ccccc2Br)CC1. The van der Waals surface area contributed by atoms with E-state index in [4.69, 9.17) is 4.74 Å². The van der Waals surface area contributed by atoms with Gasteiger partial charge in [0.05, 0.1) is 0 Å². The van der Waals surface area contributed by atoms with Gasteiger partial charge in [0.25, 0.3) is 0 Å².